The molecule has 20 heavy (non-hydrogen) atoms. The quantitative estimate of drug-likeness (QED) is 0.899. The second-order valence-electron chi connectivity index (χ2n) is 5.04. The van der Waals surface area contributed by atoms with Crippen LogP contribution in [0.5, 0.6) is 0 Å². The van der Waals surface area contributed by atoms with E-state index in [1.807, 2.05) is 0 Å². The predicted octanol–water partition coefficient (Wildman–Crippen LogP) is 1.36. The highest BCUT2D eigenvalue weighted by atomic mass is 16.4. The molecule has 0 aromatic carbocycles. The summed E-state index contributed by atoms with van der Waals surface area (Å²) in [5.74, 6) is -0.758. The normalized spacial score (nSPS) is 18.8. The van der Waals surface area contributed by atoms with Crippen LogP contribution in [0.4, 0.5) is 0 Å². The van der Waals surface area contributed by atoms with Gasteiger partial charge in [-0.15, -0.1) is 0 Å². The summed E-state index contributed by atoms with van der Waals surface area (Å²) in [6, 6.07) is 2.67. The molecule has 1 aliphatic heterocycles. The highest BCUT2D eigenvalue weighted by molar-refractivity contribution is 5.93. The van der Waals surface area contributed by atoms with Gasteiger partial charge in [-0.3, -0.25) is 9.59 Å². The van der Waals surface area contributed by atoms with E-state index in [0.29, 0.717) is 25.1 Å². The van der Waals surface area contributed by atoms with Gasteiger partial charge >= 0.3 is 11.6 Å². The lowest BCUT2D eigenvalue weighted by molar-refractivity contribution is -0.137. The van der Waals surface area contributed by atoms with Crippen LogP contribution in [0.3, 0.4) is 0 Å². The molecule has 1 saturated heterocycles. The van der Waals surface area contributed by atoms with E-state index in [2.05, 4.69) is 0 Å². The Morgan fingerprint density at radius 1 is 1.40 bits per heavy atom. The van der Waals surface area contributed by atoms with E-state index in [-0.39, 0.29) is 18.2 Å². The number of amides is 1. The van der Waals surface area contributed by atoms with Gasteiger partial charge in [-0.2, -0.15) is 0 Å². The Balaban J connectivity index is 1.97. The van der Waals surface area contributed by atoms with Crippen molar-refractivity contribution in [2.75, 3.05) is 13.1 Å². The van der Waals surface area contributed by atoms with Crippen LogP contribution in [0, 0.1) is 5.92 Å². The van der Waals surface area contributed by atoms with Crippen molar-refractivity contribution in [3.63, 3.8) is 0 Å². The predicted molar refractivity (Wildman–Crippen MR) is 70.5 cm³/mol. The van der Waals surface area contributed by atoms with Crippen molar-refractivity contribution in [2.24, 2.45) is 5.92 Å². The van der Waals surface area contributed by atoms with Crippen LogP contribution in [0.25, 0.3) is 0 Å². The molecular weight excluding hydrogens is 262 g/mol. The molecule has 0 radical (unpaired) electrons. The Hall–Kier alpha value is -2.11. The van der Waals surface area contributed by atoms with Crippen molar-refractivity contribution in [2.45, 2.75) is 25.7 Å². The Morgan fingerprint density at radius 3 is 2.85 bits per heavy atom. The molecule has 2 heterocycles. The fourth-order valence-corrected chi connectivity index (χ4v) is 2.47. The molecule has 1 aliphatic rings. The molecule has 6 heteroatoms. The summed E-state index contributed by atoms with van der Waals surface area (Å²) in [5.41, 5.74) is -0.136. The molecule has 6 nitrogen and oxygen atoms in total. The summed E-state index contributed by atoms with van der Waals surface area (Å²) in [7, 11) is 0. The molecule has 1 aromatic heterocycles. The zero-order chi connectivity index (χ0) is 14.5. The zero-order valence-electron chi connectivity index (χ0n) is 11.1. The molecule has 0 saturated carbocycles. The maximum absolute atomic E-state index is 12.2. The lowest BCUT2D eigenvalue weighted by atomic mass is 9.93. The lowest BCUT2D eigenvalue weighted by Crippen LogP contribution is -2.40. The number of likely N-dealkylation sites (tertiary alicyclic amines) is 1. The van der Waals surface area contributed by atoms with E-state index < -0.39 is 11.6 Å². The Kier molecular flexibility index (Phi) is 4.55. The minimum atomic E-state index is -0.807. The van der Waals surface area contributed by atoms with Crippen molar-refractivity contribution in [1.82, 2.24) is 4.90 Å². The number of piperidine rings is 1. The van der Waals surface area contributed by atoms with Gasteiger partial charge in [0.05, 0.1) is 5.56 Å². The maximum atomic E-state index is 12.2. The first-order valence-corrected chi connectivity index (χ1v) is 6.66. The SMILES string of the molecule is O=C(O)CCC1CCCN(C(=O)c2ccc(=O)oc2)C1. The lowest BCUT2D eigenvalue weighted by Gasteiger charge is -2.32. The Morgan fingerprint density at radius 2 is 2.20 bits per heavy atom. The molecular formula is C14H17NO5. The molecule has 1 amide bonds. The smallest absolute Gasteiger partial charge is 0.335 e. The van der Waals surface area contributed by atoms with Crippen LogP contribution in [0.2, 0.25) is 0 Å². The van der Waals surface area contributed by atoms with Crippen LogP contribution in [0.15, 0.2) is 27.6 Å². The van der Waals surface area contributed by atoms with Gasteiger partial charge in [0, 0.05) is 25.6 Å². The number of hydrogen-bond acceptors (Lipinski definition) is 4. The highest BCUT2D eigenvalue weighted by Gasteiger charge is 2.25. The van der Waals surface area contributed by atoms with Crippen LogP contribution in [0.1, 0.15) is 36.0 Å². The van der Waals surface area contributed by atoms with Crippen molar-refractivity contribution < 1.29 is 19.1 Å². The molecule has 108 valence electrons. The summed E-state index contributed by atoms with van der Waals surface area (Å²) in [5, 5.41) is 8.70. The van der Waals surface area contributed by atoms with Gasteiger partial charge in [0.15, 0.2) is 0 Å². The topological polar surface area (TPSA) is 87.8 Å². The second kappa shape index (κ2) is 6.36. The number of carboxylic acids is 1. The van der Waals surface area contributed by atoms with Gasteiger partial charge < -0.3 is 14.4 Å². The number of carbonyl (C=O) groups excluding carboxylic acids is 1. The molecule has 1 fully saturated rings. The monoisotopic (exact) mass is 279 g/mol. The van der Waals surface area contributed by atoms with Crippen LogP contribution in [-0.2, 0) is 4.79 Å². The molecule has 1 atom stereocenters. The van der Waals surface area contributed by atoms with Crippen molar-refractivity contribution >= 4 is 11.9 Å². The highest BCUT2D eigenvalue weighted by Crippen LogP contribution is 2.22. The van der Waals surface area contributed by atoms with Gasteiger partial charge in [-0.1, -0.05) is 0 Å². The molecule has 2 rings (SSSR count). The Labute approximate surface area is 116 Å². The van der Waals surface area contributed by atoms with Crippen molar-refractivity contribution in [3.8, 4) is 0 Å². The number of nitrogens with zero attached hydrogens (tertiary/aromatic N) is 1. The zero-order valence-corrected chi connectivity index (χ0v) is 11.1. The minimum Gasteiger partial charge on any atom is -0.481 e. The fraction of sp³-hybridized carbons (Fsp3) is 0.500. The first-order chi connectivity index (χ1) is 9.56. The molecule has 0 aliphatic carbocycles. The summed E-state index contributed by atoms with van der Waals surface area (Å²) >= 11 is 0. The van der Waals surface area contributed by atoms with Crippen LogP contribution in [-0.4, -0.2) is 35.0 Å². The third kappa shape index (κ3) is 3.69. The maximum Gasteiger partial charge on any atom is 0.335 e. The van der Waals surface area contributed by atoms with E-state index in [4.69, 9.17) is 9.52 Å². The number of hydrogen-bond donors (Lipinski definition) is 1. The van der Waals surface area contributed by atoms with Crippen molar-refractivity contribution in [3.05, 3.63) is 34.4 Å². The third-order valence-electron chi connectivity index (χ3n) is 3.52. The first-order valence-electron chi connectivity index (χ1n) is 6.66. The van der Waals surface area contributed by atoms with E-state index in [0.717, 1.165) is 12.8 Å². The first kappa shape index (κ1) is 14.3. The summed E-state index contributed by atoms with van der Waals surface area (Å²) in [6.07, 6.45) is 3.70. The number of carbonyl (C=O) groups is 2. The minimum absolute atomic E-state index is 0.132. The van der Waals surface area contributed by atoms with Gasteiger partial charge in [0.25, 0.3) is 5.91 Å². The van der Waals surface area contributed by atoms with E-state index in [9.17, 15) is 14.4 Å². The third-order valence-corrected chi connectivity index (χ3v) is 3.52. The standard InChI is InChI=1S/C14H17NO5/c16-12(17)5-3-10-2-1-7-15(8-10)14(19)11-4-6-13(18)20-9-11/h4,6,9-10H,1-3,5,7-8H2,(H,16,17). The molecule has 1 aromatic rings. The van der Waals surface area contributed by atoms with Crippen LogP contribution >= 0.6 is 0 Å². The van der Waals surface area contributed by atoms with E-state index in [1.54, 1.807) is 4.90 Å². The second-order valence-corrected chi connectivity index (χ2v) is 5.04. The number of rotatable bonds is 4. The Bertz CT molecular complexity index is 530. The molecule has 0 bridgehead atoms. The average Bonchev–Trinajstić information content (AvgIpc) is 2.45. The molecule has 1 unspecified atom stereocenters. The largest absolute Gasteiger partial charge is 0.481 e. The summed E-state index contributed by atoms with van der Waals surface area (Å²) in [6.45, 7) is 1.22. The number of carboxylic acid groups (broad SMARTS) is 1. The molecule has 0 spiro atoms. The van der Waals surface area contributed by atoms with Gasteiger partial charge in [0.1, 0.15) is 6.26 Å². The summed E-state index contributed by atoms with van der Waals surface area (Å²) < 4.78 is 4.70. The van der Waals surface area contributed by atoms with Gasteiger partial charge in [-0.05, 0) is 31.2 Å². The van der Waals surface area contributed by atoms with Gasteiger partial charge in [0.2, 0.25) is 0 Å². The summed E-state index contributed by atoms with van der Waals surface area (Å²) in [4.78, 5) is 35.4. The molecule has 1 N–H and O–H groups in total. The fourth-order valence-electron chi connectivity index (χ4n) is 2.47. The van der Waals surface area contributed by atoms with Gasteiger partial charge in [-0.25, -0.2) is 4.79 Å². The van der Waals surface area contributed by atoms with Crippen LogP contribution < -0.4 is 5.63 Å². The van der Waals surface area contributed by atoms with Crippen molar-refractivity contribution in [1.29, 1.82) is 0 Å². The number of aliphatic carboxylic acids is 1. The van der Waals surface area contributed by atoms with E-state index >= 15 is 0 Å². The average molecular weight is 279 g/mol. The van der Waals surface area contributed by atoms with E-state index in [1.165, 1.54) is 18.4 Å².